The Morgan fingerprint density at radius 3 is 2.48 bits per heavy atom. The van der Waals surface area contributed by atoms with Crippen molar-refractivity contribution in [1.82, 2.24) is 19.5 Å². The van der Waals surface area contributed by atoms with Crippen LogP contribution in [0.5, 0.6) is 5.75 Å². The molecule has 3 rings (SSSR count). The van der Waals surface area contributed by atoms with Crippen LogP contribution in [0, 0.1) is 5.82 Å². The molecule has 0 aliphatic carbocycles. The highest BCUT2D eigenvalue weighted by Crippen LogP contribution is 2.36. The number of hydrogen-bond acceptors (Lipinski definition) is 6. The summed E-state index contributed by atoms with van der Waals surface area (Å²) in [7, 11) is -2.75. The largest absolute Gasteiger partial charge is 0.495 e. The molecule has 0 aliphatic heterocycles. The van der Waals surface area contributed by atoms with Gasteiger partial charge in [-0.15, -0.1) is 0 Å². The van der Waals surface area contributed by atoms with Gasteiger partial charge >= 0.3 is 6.03 Å². The third-order valence-electron chi connectivity index (χ3n) is 4.87. The van der Waals surface area contributed by atoms with Gasteiger partial charge in [-0.05, 0) is 49.6 Å². The fourth-order valence-electron chi connectivity index (χ4n) is 3.19. The topological polar surface area (TPSA) is 115 Å². The lowest BCUT2D eigenvalue weighted by Crippen LogP contribution is -2.35. The highest BCUT2D eigenvalue weighted by atomic mass is 32.2. The number of benzene rings is 1. The number of carbonyl (C=O) groups is 1. The van der Waals surface area contributed by atoms with E-state index < -0.39 is 21.9 Å². The maximum atomic E-state index is 14.4. The number of amides is 2. The molecule has 2 aromatic heterocycles. The molecule has 0 saturated heterocycles. The number of halogens is 1. The quantitative estimate of drug-likeness (QED) is 0.526. The van der Waals surface area contributed by atoms with Gasteiger partial charge in [0.25, 0.3) is 10.0 Å². The van der Waals surface area contributed by atoms with Crippen molar-refractivity contribution >= 4 is 21.7 Å². The Balaban J connectivity index is 1.98. The van der Waals surface area contributed by atoms with Gasteiger partial charge < -0.3 is 10.1 Å². The first-order chi connectivity index (χ1) is 15.5. The summed E-state index contributed by atoms with van der Waals surface area (Å²) in [6.07, 6.45) is 4.51. The van der Waals surface area contributed by atoms with Crippen LogP contribution >= 0.6 is 0 Å². The van der Waals surface area contributed by atoms with E-state index in [1.165, 1.54) is 48.6 Å². The minimum atomic E-state index is -4.22. The average molecular weight is 476 g/mol. The first kappa shape index (κ1) is 24.2. The van der Waals surface area contributed by atoms with Crippen molar-refractivity contribution in [2.24, 2.45) is 0 Å². The van der Waals surface area contributed by atoms with Crippen LogP contribution in [-0.4, -0.2) is 36.3 Å². The van der Waals surface area contributed by atoms with Gasteiger partial charge in [0.2, 0.25) is 0 Å². The smallest absolute Gasteiger partial charge is 0.333 e. The third kappa shape index (κ3) is 5.48. The maximum absolute atomic E-state index is 14.4. The lowest BCUT2D eigenvalue weighted by molar-refractivity contribution is 0.256. The number of anilines is 1. The molecule has 0 bridgehead atoms. The molecule has 2 heterocycles. The van der Waals surface area contributed by atoms with E-state index in [1.54, 1.807) is 6.07 Å². The van der Waals surface area contributed by atoms with Gasteiger partial charge in [0.1, 0.15) is 11.6 Å². The number of urea groups is 1. The van der Waals surface area contributed by atoms with Crippen LogP contribution in [0.1, 0.15) is 45.2 Å². The number of sulfonamides is 1. The standard InChI is InChI=1S/C22H26FN5O4S/c1-13(2)18-9-16(23)10-19(15-8-17(32-5)12-24-11-15)21(18)25-22(29)27-33(30,31)20-6-7-28(26-20)14(3)4/h6-14H,1-5H3,(H2,25,27,29). The van der Waals surface area contributed by atoms with Gasteiger partial charge in [-0.3, -0.25) is 9.67 Å². The van der Waals surface area contributed by atoms with Crippen LogP contribution in [-0.2, 0) is 10.0 Å². The number of aromatic nitrogens is 3. The summed E-state index contributed by atoms with van der Waals surface area (Å²) in [5.41, 5.74) is 1.58. The molecule has 0 fully saturated rings. The van der Waals surface area contributed by atoms with Crippen molar-refractivity contribution in [3.8, 4) is 16.9 Å². The highest BCUT2D eigenvalue weighted by Gasteiger charge is 2.24. The maximum Gasteiger partial charge on any atom is 0.333 e. The number of hydrogen-bond donors (Lipinski definition) is 2. The van der Waals surface area contributed by atoms with E-state index >= 15 is 0 Å². The van der Waals surface area contributed by atoms with E-state index in [0.717, 1.165) is 0 Å². The lowest BCUT2D eigenvalue weighted by atomic mass is 9.94. The molecule has 3 aromatic rings. The zero-order valence-corrected chi connectivity index (χ0v) is 19.8. The van der Waals surface area contributed by atoms with Crippen molar-refractivity contribution in [2.75, 3.05) is 12.4 Å². The fraction of sp³-hybridized carbons (Fsp3) is 0.318. The van der Waals surface area contributed by atoms with Crippen molar-refractivity contribution in [3.05, 3.63) is 54.2 Å². The number of carbonyl (C=O) groups excluding carboxylic acids is 1. The first-order valence-corrected chi connectivity index (χ1v) is 11.7. The summed E-state index contributed by atoms with van der Waals surface area (Å²) >= 11 is 0. The zero-order chi connectivity index (χ0) is 24.3. The average Bonchev–Trinajstić information content (AvgIpc) is 3.26. The summed E-state index contributed by atoms with van der Waals surface area (Å²) in [4.78, 5) is 16.8. The minimum absolute atomic E-state index is 0.0466. The van der Waals surface area contributed by atoms with Crippen molar-refractivity contribution in [3.63, 3.8) is 0 Å². The third-order valence-corrected chi connectivity index (χ3v) is 6.09. The molecule has 11 heteroatoms. The fourth-order valence-corrected chi connectivity index (χ4v) is 4.03. The molecule has 0 aliphatic rings. The van der Waals surface area contributed by atoms with Crippen LogP contribution in [0.15, 0.2) is 47.9 Å². The Kier molecular flexibility index (Phi) is 7.01. The van der Waals surface area contributed by atoms with E-state index in [0.29, 0.717) is 22.4 Å². The Morgan fingerprint density at radius 1 is 1.15 bits per heavy atom. The zero-order valence-electron chi connectivity index (χ0n) is 19.0. The number of nitrogens with zero attached hydrogens (tertiary/aromatic N) is 3. The van der Waals surface area contributed by atoms with Crippen molar-refractivity contribution in [1.29, 1.82) is 0 Å². The van der Waals surface area contributed by atoms with Gasteiger partial charge in [0, 0.05) is 29.6 Å². The van der Waals surface area contributed by atoms with Gasteiger partial charge in [-0.2, -0.15) is 13.5 Å². The first-order valence-electron chi connectivity index (χ1n) is 10.2. The molecule has 0 unspecified atom stereocenters. The summed E-state index contributed by atoms with van der Waals surface area (Å²) in [6.45, 7) is 7.36. The summed E-state index contributed by atoms with van der Waals surface area (Å²) < 4.78 is 48.4. The van der Waals surface area contributed by atoms with Crippen LogP contribution in [0.2, 0.25) is 0 Å². The number of nitrogens with one attached hydrogen (secondary N) is 2. The van der Waals surface area contributed by atoms with Crippen LogP contribution in [0.25, 0.3) is 11.1 Å². The molecule has 0 saturated carbocycles. The molecule has 176 valence electrons. The number of rotatable bonds is 7. The van der Waals surface area contributed by atoms with E-state index in [1.807, 2.05) is 32.4 Å². The van der Waals surface area contributed by atoms with Crippen molar-refractivity contribution in [2.45, 2.75) is 44.7 Å². The van der Waals surface area contributed by atoms with Crippen molar-refractivity contribution < 1.29 is 22.3 Å². The second-order valence-corrected chi connectivity index (χ2v) is 9.60. The van der Waals surface area contributed by atoms with Crippen LogP contribution in [0.4, 0.5) is 14.9 Å². The van der Waals surface area contributed by atoms with E-state index in [9.17, 15) is 17.6 Å². The van der Waals surface area contributed by atoms with E-state index in [2.05, 4.69) is 15.4 Å². The molecule has 2 N–H and O–H groups in total. The van der Waals surface area contributed by atoms with E-state index in [4.69, 9.17) is 4.74 Å². The molecular formula is C22H26FN5O4S. The SMILES string of the molecule is COc1cncc(-c2cc(F)cc(C(C)C)c2NC(=O)NS(=O)(=O)c2ccn(C(C)C)n2)c1. The molecule has 2 amide bonds. The Bertz CT molecular complexity index is 1270. The molecule has 0 radical (unpaired) electrons. The Hall–Kier alpha value is -3.47. The highest BCUT2D eigenvalue weighted by molar-refractivity contribution is 7.90. The van der Waals surface area contributed by atoms with Gasteiger partial charge in [0.15, 0.2) is 5.03 Å². The van der Waals surface area contributed by atoms with Crippen LogP contribution < -0.4 is 14.8 Å². The van der Waals surface area contributed by atoms with Crippen LogP contribution in [0.3, 0.4) is 0 Å². The summed E-state index contributed by atoms with van der Waals surface area (Å²) in [5, 5.41) is 6.29. The number of pyridine rings is 1. The molecule has 0 atom stereocenters. The molecule has 9 nitrogen and oxygen atoms in total. The van der Waals surface area contributed by atoms with Gasteiger partial charge in [-0.1, -0.05) is 13.8 Å². The molecule has 33 heavy (non-hydrogen) atoms. The molecule has 0 spiro atoms. The van der Waals surface area contributed by atoms with Gasteiger partial charge in [0.05, 0.1) is 19.0 Å². The predicted molar refractivity (Wildman–Crippen MR) is 122 cm³/mol. The normalized spacial score (nSPS) is 11.6. The molecular weight excluding hydrogens is 449 g/mol. The Morgan fingerprint density at radius 2 is 1.88 bits per heavy atom. The second-order valence-electron chi connectivity index (χ2n) is 7.97. The lowest BCUT2D eigenvalue weighted by Gasteiger charge is -2.19. The number of ether oxygens (including phenoxy) is 1. The monoisotopic (exact) mass is 475 g/mol. The number of methoxy groups -OCH3 is 1. The Labute approximate surface area is 192 Å². The summed E-state index contributed by atoms with van der Waals surface area (Å²) in [5.74, 6) is -0.234. The van der Waals surface area contributed by atoms with Gasteiger partial charge in [-0.25, -0.2) is 13.9 Å². The second kappa shape index (κ2) is 9.57. The van der Waals surface area contributed by atoms with E-state index in [-0.39, 0.29) is 22.7 Å². The predicted octanol–water partition coefficient (Wildman–Crippen LogP) is 4.31. The minimum Gasteiger partial charge on any atom is -0.495 e. The molecule has 1 aromatic carbocycles. The summed E-state index contributed by atoms with van der Waals surface area (Å²) in [6, 6.07) is 4.45.